The van der Waals surface area contributed by atoms with Crippen molar-refractivity contribution in [3.63, 3.8) is 0 Å². The maximum atomic E-state index is 11.9. The molecule has 0 amide bonds. The maximum Gasteiger partial charge on any atom is 0.340 e. The Labute approximate surface area is 120 Å². The van der Waals surface area contributed by atoms with Crippen LogP contribution in [0.5, 0.6) is 5.75 Å². The van der Waals surface area contributed by atoms with E-state index >= 15 is 0 Å². The van der Waals surface area contributed by atoms with E-state index in [1.165, 1.54) is 24.3 Å². The molecule has 0 fully saturated rings. The SMILES string of the molecule is CCCCC(O[N+](=O)[O-])C(=O)Oc1ccccc1C(=O)O. The van der Waals surface area contributed by atoms with Gasteiger partial charge in [-0.25, -0.2) is 9.59 Å². The highest BCUT2D eigenvalue weighted by Crippen LogP contribution is 2.19. The van der Waals surface area contributed by atoms with Crippen LogP contribution in [0.2, 0.25) is 0 Å². The number of carbonyl (C=O) groups is 2. The zero-order chi connectivity index (χ0) is 15.8. The Balaban J connectivity index is 2.85. The van der Waals surface area contributed by atoms with Gasteiger partial charge in [0.15, 0.2) is 0 Å². The molecule has 0 aliphatic heterocycles. The molecule has 0 radical (unpaired) electrons. The van der Waals surface area contributed by atoms with Gasteiger partial charge in [-0.15, -0.1) is 10.1 Å². The number of benzene rings is 1. The van der Waals surface area contributed by atoms with Gasteiger partial charge in [0.1, 0.15) is 11.3 Å². The van der Waals surface area contributed by atoms with Crippen LogP contribution in [0.15, 0.2) is 24.3 Å². The van der Waals surface area contributed by atoms with E-state index in [4.69, 9.17) is 9.84 Å². The van der Waals surface area contributed by atoms with E-state index in [1.807, 2.05) is 6.92 Å². The second kappa shape index (κ2) is 7.83. The third kappa shape index (κ3) is 5.09. The van der Waals surface area contributed by atoms with Crippen molar-refractivity contribution in [2.75, 3.05) is 0 Å². The second-order valence-corrected chi connectivity index (χ2v) is 4.18. The van der Waals surface area contributed by atoms with E-state index in [2.05, 4.69) is 4.84 Å². The van der Waals surface area contributed by atoms with Gasteiger partial charge in [-0.3, -0.25) is 4.84 Å². The number of hydrogen-bond donors (Lipinski definition) is 1. The third-order valence-corrected chi connectivity index (χ3v) is 2.62. The van der Waals surface area contributed by atoms with Gasteiger partial charge < -0.3 is 9.84 Å². The number of nitrogens with zero attached hydrogens (tertiary/aromatic N) is 1. The Morgan fingerprint density at radius 1 is 1.38 bits per heavy atom. The fourth-order valence-electron chi connectivity index (χ4n) is 1.61. The summed E-state index contributed by atoms with van der Waals surface area (Å²) in [6.45, 7) is 1.86. The van der Waals surface area contributed by atoms with Crippen molar-refractivity contribution in [1.29, 1.82) is 0 Å². The Morgan fingerprint density at radius 2 is 2.05 bits per heavy atom. The number of ether oxygens (including phenoxy) is 1. The van der Waals surface area contributed by atoms with Gasteiger partial charge in [0.2, 0.25) is 6.10 Å². The largest absolute Gasteiger partial charge is 0.478 e. The summed E-state index contributed by atoms with van der Waals surface area (Å²) >= 11 is 0. The Morgan fingerprint density at radius 3 is 2.62 bits per heavy atom. The summed E-state index contributed by atoms with van der Waals surface area (Å²) in [5, 5.41) is 18.3. The maximum absolute atomic E-state index is 11.9. The number of esters is 1. The first kappa shape index (κ1) is 16.4. The lowest BCUT2D eigenvalue weighted by Crippen LogP contribution is -2.31. The van der Waals surface area contributed by atoms with E-state index in [0.29, 0.717) is 6.42 Å². The molecule has 0 spiro atoms. The molecule has 114 valence electrons. The number of carbonyl (C=O) groups excluding carboxylic acids is 1. The van der Waals surface area contributed by atoms with Gasteiger partial charge in [-0.05, 0) is 18.6 Å². The summed E-state index contributed by atoms with van der Waals surface area (Å²) in [5.74, 6) is -2.43. The Hall–Kier alpha value is -2.64. The monoisotopic (exact) mass is 297 g/mol. The number of aromatic carboxylic acids is 1. The van der Waals surface area contributed by atoms with Crippen LogP contribution in [0.3, 0.4) is 0 Å². The van der Waals surface area contributed by atoms with E-state index < -0.39 is 23.1 Å². The fourth-order valence-corrected chi connectivity index (χ4v) is 1.61. The van der Waals surface area contributed by atoms with Crippen molar-refractivity contribution < 1.29 is 29.4 Å². The highest BCUT2D eigenvalue weighted by molar-refractivity contribution is 5.92. The van der Waals surface area contributed by atoms with Crippen molar-refractivity contribution in [3.05, 3.63) is 39.9 Å². The number of rotatable bonds is 8. The zero-order valence-electron chi connectivity index (χ0n) is 11.4. The van der Waals surface area contributed by atoms with Gasteiger partial charge in [-0.1, -0.05) is 31.9 Å². The van der Waals surface area contributed by atoms with Gasteiger partial charge in [-0.2, -0.15) is 0 Å². The van der Waals surface area contributed by atoms with Crippen molar-refractivity contribution in [1.82, 2.24) is 0 Å². The number of carboxylic acids is 1. The number of para-hydroxylation sites is 1. The summed E-state index contributed by atoms with van der Waals surface area (Å²) in [4.78, 5) is 37.5. The van der Waals surface area contributed by atoms with Crippen molar-refractivity contribution in [3.8, 4) is 5.75 Å². The quantitative estimate of drug-likeness (QED) is 0.338. The van der Waals surface area contributed by atoms with E-state index in [1.54, 1.807) is 0 Å². The summed E-state index contributed by atoms with van der Waals surface area (Å²) in [6, 6.07) is 5.53. The summed E-state index contributed by atoms with van der Waals surface area (Å²) in [6.07, 6.45) is -0.00200. The molecular weight excluding hydrogens is 282 g/mol. The first-order valence-corrected chi connectivity index (χ1v) is 6.30. The predicted molar refractivity (Wildman–Crippen MR) is 70.4 cm³/mol. The molecule has 0 aliphatic carbocycles. The molecule has 1 atom stereocenters. The van der Waals surface area contributed by atoms with Crippen LogP contribution in [-0.2, 0) is 9.63 Å². The van der Waals surface area contributed by atoms with Gasteiger partial charge in [0.25, 0.3) is 5.09 Å². The topological polar surface area (TPSA) is 116 Å². The minimum atomic E-state index is -1.37. The van der Waals surface area contributed by atoms with Crippen LogP contribution < -0.4 is 4.74 Å². The average Bonchev–Trinajstić information content (AvgIpc) is 2.43. The number of hydrogen-bond acceptors (Lipinski definition) is 6. The highest BCUT2D eigenvalue weighted by Gasteiger charge is 2.25. The predicted octanol–water partition coefficient (Wildman–Crippen LogP) is 2.06. The lowest BCUT2D eigenvalue weighted by Gasteiger charge is -2.14. The molecule has 8 heteroatoms. The van der Waals surface area contributed by atoms with E-state index in [-0.39, 0.29) is 17.7 Å². The minimum absolute atomic E-state index is 0.117. The van der Waals surface area contributed by atoms with Crippen LogP contribution in [-0.4, -0.2) is 28.2 Å². The van der Waals surface area contributed by atoms with Crippen LogP contribution in [0.25, 0.3) is 0 Å². The zero-order valence-corrected chi connectivity index (χ0v) is 11.4. The third-order valence-electron chi connectivity index (χ3n) is 2.62. The van der Waals surface area contributed by atoms with Crippen molar-refractivity contribution >= 4 is 11.9 Å². The Kier molecular flexibility index (Phi) is 6.12. The normalized spacial score (nSPS) is 11.5. The lowest BCUT2D eigenvalue weighted by molar-refractivity contribution is -0.765. The molecule has 0 heterocycles. The van der Waals surface area contributed by atoms with Crippen molar-refractivity contribution in [2.24, 2.45) is 0 Å². The van der Waals surface area contributed by atoms with Gasteiger partial charge in [0, 0.05) is 0 Å². The molecule has 1 unspecified atom stereocenters. The number of carboxylic acid groups (broad SMARTS) is 1. The first-order chi connectivity index (χ1) is 9.95. The molecule has 0 saturated carbocycles. The number of unbranched alkanes of at least 4 members (excludes halogenated alkanes) is 1. The van der Waals surface area contributed by atoms with Gasteiger partial charge in [0.05, 0.1) is 0 Å². The fraction of sp³-hybridized carbons (Fsp3) is 0.385. The molecule has 0 aromatic heterocycles. The molecule has 0 saturated heterocycles. The minimum Gasteiger partial charge on any atom is -0.478 e. The summed E-state index contributed by atoms with van der Waals surface area (Å²) < 4.78 is 4.92. The van der Waals surface area contributed by atoms with Crippen LogP contribution in [0, 0.1) is 10.1 Å². The van der Waals surface area contributed by atoms with Crippen LogP contribution >= 0.6 is 0 Å². The van der Waals surface area contributed by atoms with Crippen molar-refractivity contribution in [2.45, 2.75) is 32.3 Å². The molecule has 8 nitrogen and oxygen atoms in total. The standard InChI is InChI=1S/C13H15NO7/c1-2-3-7-11(21-14(18)19)13(17)20-10-8-5-4-6-9(10)12(15)16/h4-6,8,11H,2-3,7H2,1H3,(H,15,16). The molecule has 1 N–H and O–H groups in total. The molecular formula is C13H15NO7. The molecule has 0 bridgehead atoms. The molecule has 1 rings (SSSR count). The lowest BCUT2D eigenvalue weighted by atomic mass is 10.1. The molecule has 0 aliphatic rings. The van der Waals surface area contributed by atoms with Crippen LogP contribution in [0.1, 0.15) is 36.5 Å². The van der Waals surface area contributed by atoms with E-state index in [9.17, 15) is 19.7 Å². The molecule has 1 aromatic carbocycles. The first-order valence-electron chi connectivity index (χ1n) is 6.30. The van der Waals surface area contributed by atoms with E-state index in [0.717, 1.165) is 6.42 Å². The van der Waals surface area contributed by atoms with Crippen LogP contribution in [0.4, 0.5) is 0 Å². The Bertz CT molecular complexity index is 529. The second-order valence-electron chi connectivity index (χ2n) is 4.18. The molecule has 21 heavy (non-hydrogen) atoms. The molecule has 1 aromatic rings. The summed E-state index contributed by atoms with van der Waals surface area (Å²) in [5.41, 5.74) is -0.207. The average molecular weight is 297 g/mol. The smallest absolute Gasteiger partial charge is 0.340 e. The summed E-state index contributed by atoms with van der Waals surface area (Å²) in [7, 11) is 0. The van der Waals surface area contributed by atoms with Gasteiger partial charge >= 0.3 is 11.9 Å². The highest BCUT2D eigenvalue weighted by atomic mass is 17.0.